The summed E-state index contributed by atoms with van der Waals surface area (Å²) in [7, 11) is -4.08. The predicted octanol–water partition coefficient (Wildman–Crippen LogP) is 0.653. The quantitative estimate of drug-likeness (QED) is 0.783. The second-order valence-corrected chi connectivity index (χ2v) is 5.67. The predicted molar refractivity (Wildman–Crippen MR) is 61.4 cm³/mol. The number of carboxylic acids is 1. The molecule has 0 radical (unpaired) electrons. The Hall–Kier alpha value is -1.41. The van der Waals surface area contributed by atoms with E-state index in [2.05, 4.69) is 9.97 Å². The summed E-state index contributed by atoms with van der Waals surface area (Å²) in [4.78, 5) is 18.0. The first-order chi connectivity index (χ1) is 7.72. The van der Waals surface area contributed by atoms with Crippen molar-refractivity contribution in [3.63, 3.8) is 0 Å². The molecule has 0 saturated carbocycles. The van der Waals surface area contributed by atoms with Gasteiger partial charge in [-0.25, -0.2) is 18.4 Å². The number of nitrogens with zero attached hydrogens (tertiary/aromatic N) is 2. The summed E-state index contributed by atoms with van der Waals surface area (Å²) in [5.41, 5.74) is 0.464. The average Bonchev–Trinajstić information content (AvgIpc) is 2.13. The highest BCUT2D eigenvalue weighted by Gasteiger charge is 2.28. The standard InChI is InChI=1S/C8H10ClN3O4S/c1-4-3-6(9)11-8(10-4)12-17(15,16)5(2)7(13)14/h3,5H,1-2H3,(H,13,14)(H,10,11,12). The minimum Gasteiger partial charge on any atom is -0.480 e. The number of aromatic nitrogens is 2. The third-order valence-electron chi connectivity index (χ3n) is 1.87. The van der Waals surface area contributed by atoms with Crippen LogP contribution in [0.1, 0.15) is 12.6 Å². The van der Waals surface area contributed by atoms with Gasteiger partial charge in [0.2, 0.25) is 16.0 Å². The maximum Gasteiger partial charge on any atom is 0.323 e. The summed E-state index contributed by atoms with van der Waals surface area (Å²) in [5.74, 6) is -1.71. The van der Waals surface area contributed by atoms with Crippen molar-refractivity contribution in [2.24, 2.45) is 0 Å². The maximum atomic E-state index is 11.5. The van der Waals surface area contributed by atoms with Gasteiger partial charge in [0.1, 0.15) is 5.15 Å². The zero-order valence-electron chi connectivity index (χ0n) is 9.01. The van der Waals surface area contributed by atoms with E-state index < -0.39 is 21.2 Å². The number of sulfonamides is 1. The first kappa shape index (κ1) is 13.7. The molecule has 1 heterocycles. The van der Waals surface area contributed by atoms with Crippen LogP contribution in [0.5, 0.6) is 0 Å². The van der Waals surface area contributed by atoms with Gasteiger partial charge < -0.3 is 5.11 Å². The molecule has 1 atom stereocenters. The summed E-state index contributed by atoms with van der Waals surface area (Å²) in [6.45, 7) is 2.65. The van der Waals surface area contributed by atoms with Crippen LogP contribution in [0, 0.1) is 6.92 Å². The second kappa shape index (κ2) is 4.84. The van der Waals surface area contributed by atoms with Gasteiger partial charge in [-0.3, -0.25) is 9.52 Å². The lowest BCUT2D eigenvalue weighted by atomic mass is 10.5. The van der Waals surface area contributed by atoms with Crippen molar-refractivity contribution in [1.29, 1.82) is 0 Å². The molecular formula is C8H10ClN3O4S. The normalized spacial score (nSPS) is 13.1. The Morgan fingerprint density at radius 1 is 1.53 bits per heavy atom. The number of carbonyl (C=O) groups is 1. The van der Waals surface area contributed by atoms with E-state index in [1.165, 1.54) is 6.07 Å². The monoisotopic (exact) mass is 279 g/mol. The van der Waals surface area contributed by atoms with Gasteiger partial charge in [-0.15, -0.1) is 0 Å². The van der Waals surface area contributed by atoms with Crippen molar-refractivity contribution >= 4 is 33.5 Å². The Balaban J connectivity index is 3.02. The van der Waals surface area contributed by atoms with Crippen LogP contribution in [0.2, 0.25) is 5.15 Å². The fourth-order valence-electron chi connectivity index (χ4n) is 0.924. The van der Waals surface area contributed by atoms with Gasteiger partial charge in [0, 0.05) is 5.69 Å². The molecule has 94 valence electrons. The molecule has 0 saturated heterocycles. The van der Waals surface area contributed by atoms with Gasteiger partial charge in [-0.1, -0.05) is 11.6 Å². The summed E-state index contributed by atoms with van der Waals surface area (Å²) in [6.07, 6.45) is 0. The van der Waals surface area contributed by atoms with Gasteiger partial charge in [0.25, 0.3) is 0 Å². The molecule has 0 aliphatic rings. The fraction of sp³-hybridized carbons (Fsp3) is 0.375. The van der Waals surface area contributed by atoms with Gasteiger partial charge in [0.15, 0.2) is 5.25 Å². The Morgan fingerprint density at radius 3 is 2.59 bits per heavy atom. The number of rotatable bonds is 4. The Morgan fingerprint density at radius 2 is 2.12 bits per heavy atom. The molecule has 0 spiro atoms. The number of hydrogen-bond acceptors (Lipinski definition) is 5. The van der Waals surface area contributed by atoms with Gasteiger partial charge >= 0.3 is 5.97 Å². The molecule has 0 aliphatic carbocycles. The lowest BCUT2D eigenvalue weighted by Crippen LogP contribution is -2.32. The van der Waals surface area contributed by atoms with E-state index in [0.29, 0.717) is 5.69 Å². The van der Waals surface area contributed by atoms with Crippen LogP contribution >= 0.6 is 11.6 Å². The van der Waals surface area contributed by atoms with Crippen LogP contribution in [-0.4, -0.2) is 34.7 Å². The second-order valence-electron chi connectivity index (χ2n) is 3.28. The lowest BCUT2D eigenvalue weighted by molar-refractivity contribution is -0.136. The third kappa shape index (κ3) is 3.53. The summed E-state index contributed by atoms with van der Waals surface area (Å²) < 4.78 is 25.1. The maximum absolute atomic E-state index is 11.5. The van der Waals surface area contributed by atoms with Crippen LogP contribution in [-0.2, 0) is 14.8 Å². The van der Waals surface area contributed by atoms with Crippen molar-refractivity contribution in [3.05, 3.63) is 16.9 Å². The van der Waals surface area contributed by atoms with E-state index in [9.17, 15) is 13.2 Å². The van der Waals surface area contributed by atoms with Crippen LogP contribution in [0.25, 0.3) is 0 Å². The molecule has 17 heavy (non-hydrogen) atoms. The van der Waals surface area contributed by atoms with Crippen molar-refractivity contribution in [2.75, 3.05) is 4.72 Å². The van der Waals surface area contributed by atoms with Crippen LogP contribution in [0.15, 0.2) is 6.07 Å². The number of aliphatic carboxylic acids is 1. The van der Waals surface area contributed by atoms with E-state index in [1.54, 1.807) is 6.92 Å². The smallest absolute Gasteiger partial charge is 0.323 e. The molecule has 7 nitrogen and oxygen atoms in total. The summed E-state index contributed by atoms with van der Waals surface area (Å²) in [6, 6.07) is 1.44. The van der Waals surface area contributed by atoms with Crippen LogP contribution in [0.3, 0.4) is 0 Å². The number of halogens is 1. The number of aryl methyl sites for hydroxylation is 1. The number of anilines is 1. The minimum atomic E-state index is -4.08. The number of carboxylic acid groups (broad SMARTS) is 1. The molecule has 1 aromatic heterocycles. The van der Waals surface area contributed by atoms with E-state index >= 15 is 0 Å². The molecule has 0 aromatic carbocycles. The van der Waals surface area contributed by atoms with Crippen molar-refractivity contribution < 1.29 is 18.3 Å². The highest BCUT2D eigenvalue weighted by Crippen LogP contribution is 2.12. The fourth-order valence-corrected chi connectivity index (χ4v) is 1.95. The highest BCUT2D eigenvalue weighted by atomic mass is 35.5. The zero-order chi connectivity index (χ0) is 13.2. The zero-order valence-corrected chi connectivity index (χ0v) is 10.6. The topological polar surface area (TPSA) is 109 Å². The molecule has 1 rings (SSSR count). The molecule has 2 N–H and O–H groups in total. The Kier molecular flexibility index (Phi) is 3.89. The van der Waals surface area contributed by atoms with Crippen LogP contribution in [0.4, 0.5) is 5.95 Å². The Bertz CT molecular complexity index is 525. The van der Waals surface area contributed by atoms with E-state index in [0.717, 1.165) is 6.92 Å². The van der Waals surface area contributed by atoms with Crippen molar-refractivity contribution in [3.8, 4) is 0 Å². The third-order valence-corrected chi connectivity index (χ3v) is 3.66. The largest absolute Gasteiger partial charge is 0.480 e. The lowest BCUT2D eigenvalue weighted by Gasteiger charge is -2.10. The molecule has 0 fully saturated rings. The highest BCUT2D eigenvalue weighted by molar-refractivity contribution is 7.94. The number of nitrogens with one attached hydrogen (secondary N) is 1. The van der Waals surface area contributed by atoms with Gasteiger partial charge in [-0.2, -0.15) is 0 Å². The van der Waals surface area contributed by atoms with E-state index in [1.807, 2.05) is 4.72 Å². The molecule has 0 amide bonds. The van der Waals surface area contributed by atoms with Crippen molar-refractivity contribution in [1.82, 2.24) is 9.97 Å². The number of hydrogen-bond donors (Lipinski definition) is 2. The molecule has 1 aromatic rings. The molecular weight excluding hydrogens is 270 g/mol. The van der Waals surface area contributed by atoms with E-state index in [4.69, 9.17) is 16.7 Å². The Labute approximate surface area is 103 Å². The summed E-state index contributed by atoms with van der Waals surface area (Å²) in [5, 5.41) is 7.08. The molecule has 0 aliphatic heterocycles. The van der Waals surface area contributed by atoms with Gasteiger partial charge in [-0.05, 0) is 19.9 Å². The first-order valence-corrected chi connectivity index (χ1v) is 6.40. The van der Waals surface area contributed by atoms with Gasteiger partial charge in [0.05, 0.1) is 0 Å². The summed E-state index contributed by atoms with van der Waals surface area (Å²) >= 11 is 5.62. The minimum absolute atomic E-state index is 0.0678. The SMILES string of the molecule is Cc1cc(Cl)nc(NS(=O)(=O)C(C)C(=O)O)n1. The van der Waals surface area contributed by atoms with Crippen molar-refractivity contribution in [2.45, 2.75) is 19.1 Å². The molecule has 9 heteroatoms. The average molecular weight is 280 g/mol. The molecule has 0 bridgehead atoms. The van der Waals surface area contributed by atoms with Crippen LogP contribution < -0.4 is 4.72 Å². The first-order valence-electron chi connectivity index (χ1n) is 4.48. The molecule has 1 unspecified atom stereocenters. The van der Waals surface area contributed by atoms with E-state index in [-0.39, 0.29) is 11.1 Å².